The molecule has 2 N–H and O–H groups in total. The number of nitrogens with two attached hydrogens (primary N) is 1. The van der Waals surface area contributed by atoms with Crippen molar-refractivity contribution in [3.63, 3.8) is 0 Å². The Morgan fingerprint density at radius 2 is 1.90 bits per heavy atom. The van der Waals surface area contributed by atoms with Gasteiger partial charge in [-0.2, -0.15) is 23.5 Å². The molecule has 1 aromatic rings. The number of rotatable bonds is 4. The van der Waals surface area contributed by atoms with Crippen molar-refractivity contribution in [2.75, 3.05) is 5.75 Å². The summed E-state index contributed by atoms with van der Waals surface area (Å²) >= 11 is 4.06. The third kappa shape index (κ3) is 3.86. The number of para-hydroxylation sites is 1. The first kappa shape index (κ1) is 16.1. The summed E-state index contributed by atoms with van der Waals surface area (Å²) in [5.41, 5.74) is 7.68. The Morgan fingerprint density at radius 1 is 1.20 bits per heavy atom. The Kier molecular flexibility index (Phi) is 5.70. The standard InChI is InChI=1S/C16H25NOS2/c1-10(2)18-14-8-6-5-7-13(14)16(17)15-9-19-11(3)12(4)20-15/h5-8,10-12,15-16H,9,17H2,1-4H3. The first-order valence-corrected chi connectivity index (χ1v) is 9.26. The van der Waals surface area contributed by atoms with E-state index in [-0.39, 0.29) is 12.1 Å². The minimum absolute atomic E-state index is 0.0393. The van der Waals surface area contributed by atoms with Gasteiger partial charge in [0.15, 0.2) is 0 Å². The number of ether oxygens (including phenoxy) is 1. The van der Waals surface area contributed by atoms with Crippen molar-refractivity contribution in [2.24, 2.45) is 5.73 Å². The maximum atomic E-state index is 6.54. The maximum Gasteiger partial charge on any atom is 0.124 e. The highest BCUT2D eigenvalue weighted by Gasteiger charge is 2.31. The molecule has 0 radical (unpaired) electrons. The van der Waals surface area contributed by atoms with E-state index in [0.717, 1.165) is 17.1 Å². The summed E-state index contributed by atoms with van der Waals surface area (Å²) in [4.78, 5) is 0. The van der Waals surface area contributed by atoms with E-state index in [1.165, 1.54) is 0 Å². The fourth-order valence-electron chi connectivity index (χ4n) is 2.31. The summed E-state index contributed by atoms with van der Waals surface area (Å²) in [6.45, 7) is 8.71. The summed E-state index contributed by atoms with van der Waals surface area (Å²) in [5, 5.41) is 1.83. The molecular formula is C16H25NOS2. The normalized spacial score (nSPS) is 28.4. The fraction of sp³-hybridized carbons (Fsp3) is 0.625. The zero-order valence-electron chi connectivity index (χ0n) is 12.7. The van der Waals surface area contributed by atoms with Crippen LogP contribution >= 0.6 is 23.5 Å². The first-order chi connectivity index (χ1) is 9.49. The lowest BCUT2D eigenvalue weighted by atomic mass is 10.0. The predicted molar refractivity (Wildman–Crippen MR) is 91.9 cm³/mol. The molecule has 0 spiro atoms. The Bertz CT molecular complexity index is 438. The van der Waals surface area contributed by atoms with E-state index in [4.69, 9.17) is 10.5 Å². The van der Waals surface area contributed by atoms with Gasteiger partial charge >= 0.3 is 0 Å². The van der Waals surface area contributed by atoms with Crippen molar-refractivity contribution in [3.05, 3.63) is 29.8 Å². The monoisotopic (exact) mass is 311 g/mol. The molecule has 2 rings (SSSR count). The highest BCUT2D eigenvalue weighted by atomic mass is 32.2. The van der Waals surface area contributed by atoms with Crippen LogP contribution in [0.5, 0.6) is 5.75 Å². The Morgan fingerprint density at radius 3 is 2.55 bits per heavy atom. The van der Waals surface area contributed by atoms with Crippen LogP contribution in [-0.2, 0) is 0 Å². The number of thioether (sulfide) groups is 2. The molecule has 0 amide bonds. The van der Waals surface area contributed by atoms with Crippen molar-refractivity contribution in [3.8, 4) is 5.75 Å². The van der Waals surface area contributed by atoms with E-state index < -0.39 is 0 Å². The van der Waals surface area contributed by atoms with E-state index in [9.17, 15) is 0 Å². The van der Waals surface area contributed by atoms with Crippen molar-refractivity contribution >= 4 is 23.5 Å². The van der Waals surface area contributed by atoms with E-state index >= 15 is 0 Å². The molecule has 4 unspecified atom stereocenters. The lowest BCUT2D eigenvalue weighted by Crippen LogP contribution is -2.34. The molecule has 1 saturated heterocycles. The van der Waals surface area contributed by atoms with Crippen LogP contribution in [0.15, 0.2) is 24.3 Å². The first-order valence-electron chi connectivity index (χ1n) is 7.27. The van der Waals surface area contributed by atoms with Gasteiger partial charge in [-0.05, 0) is 19.9 Å². The molecule has 20 heavy (non-hydrogen) atoms. The Balaban J connectivity index is 2.14. The molecule has 1 aliphatic rings. The molecule has 2 nitrogen and oxygen atoms in total. The summed E-state index contributed by atoms with van der Waals surface area (Å²) in [7, 11) is 0. The van der Waals surface area contributed by atoms with Crippen LogP contribution in [0, 0.1) is 0 Å². The third-order valence-electron chi connectivity index (χ3n) is 3.62. The number of hydrogen-bond donors (Lipinski definition) is 1. The van der Waals surface area contributed by atoms with Crippen LogP contribution in [-0.4, -0.2) is 27.6 Å². The van der Waals surface area contributed by atoms with Crippen molar-refractivity contribution < 1.29 is 4.74 Å². The van der Waals surface area contributed by atoms with Gasteiger partial charge in [0.2, 0.25) is 0 Å². The van der Waals surface area contributed by atoms with E-state index in [1.807, 2.05) is 35.7 Å². The smallest absolute Gasteiger partial charge is 0.124 e. The van der Waals surface area contributed by atoms with Gasteiger partial charge < -0.3 is 10.5 Å². The van der Waals surface area contributed by atoms with Gasteiger partial charge in [-0.15, -0.1) is 0 Å². The zero-order chi connectivity index (χ0) is 14.7. The van der Waals surface area contributed by atoms with Crippen LogP contribution < -0.4 is 10.5 Å². The molecule has 112 valence electrons. The summed E-state index contributed by atoms with van der Waals surface area (Å²) < 4.78 is 5.91. The molecule has 0 aromatic heterocycles. The van der Waals surface area contributed by atoms with Crippen molar-refractivity contribution in [1.82, 2.24) is 0 Å². The van der Waals surface area contributed by atoms with E-state index in [0.29, 0.717) is 15.7 Å². The van der Waals surface area contributed by atoms with Gasteiger partial charge in [-0.25, -0.2) is 0 Å². The van der Waals surface area contributed by atoms with E-state index in [2.05, 4.69) is 39.8 Å². The van der Waals surface area contributed by atoms with Crippen LogP contribution in [0.3, 0.4) is 0 Å². The van der Waals surface area contributed by atoms with Crippen LogP contribution in [0.4, 0.5) is 0 Å². The highest BCUT2D eigenvalue weighted by molar-refractivity contribution is 8.07. The minimum Gasteiger partial charge on any atom is -0.491 e. The molecule has 0 saturated carbocycles. The Hall–Kier alpha value is -0.320. The molecule has 4 atom stereocenters. The highest BCUT2D eigenvalue weighted by Crippen LogP contribution is 2.41. The van der Waals surface area contributed by atoms with Gasteiger partial charge in [0.25, 0.3) is 0 Å². The van der Waals surface area contributed by atoms with Crippen molar-refractivity contribution in [1.29, 1.82) is 0 Å². The molecular weight excluding hydrogens is 286 g/mol. The summed E-state index contributed by atoms with van der Waals surface area (Å²) in [6.07, 6.45) is 0.177. The fourth-order valence-corrected chi connectivity index (χ4v) is 5.35. The number of hydrogen-bond acceptors (Lipinski definition) is 4. The van der Waals surface area contributed by atoms with Gasteiger partial charge in [0.1, 0.15) is 5.75 Å². The second kappa shape index (κ2) is 7.10. The van der Waals surface area contributed by atoms with Crippen LogP contribution in [0.2, 0.25) is 0 Å². The van der Waals surface area contributed by atoms with Gasteiger partial charge in [-0.1, -0.05) is 32.0 Å². The molecule has 1 fully saturated rings. The second-order valence-corrected chi connectivity index (χ2v) is 8.68. The predicted octanol–water partition coefficient (Wildman–Crippen LogP) is 4.10. The summed E-state index contributed by atoms with van der Waals surface area (Å²) in [6, 6.07) is 8.24. The molecule has 1 aliphatic heterocycles. The largest absolute Gasteiger partial charge is 0.491 e. The lowest BCUT2D eigenvalue weighted by Gasteiger charge is -2.35. The van der Waals surface area contributed by atoms with Gasteiger partial charge in [0.05, 0.1) is 6.10 Å². The van der Waals surface area contributed by atoms with Crippen molar-refractivity contribution in [2.45, 2.75) is 55.6 Å². The maximum absolute atomic E-state index is 6.54. The SMILES string of the molecule is CC(C)Oc1ccccc1C(N)C1CSC(C)C(C)S1. The lowest BCUT2D eigenvalue weighted by molar-refractivity contribution is 0.238. The average molecular weight is 312 g/mol. The van der Waals surface area contributed by atoms with E-state index in [1.54, 1.807) is 0 Å². The zero-order valence-corrected chi connectivity index (χ0v) is 14.3. The quantitative estimate of drug-likeness (QED) is 0.908. The van der Waals surface area contributed by atoms with Gasteiger partial charge in [0, 0.05) is 33.1 Å². The molecule has 1 heterocycles. The third-order valence-corrected chi connectivity index (χ3v) is 7.13. The molecule has 0 bridgehead atoms. The average Bonchev–Trinajstić information content (AvgIpc) is 2.41. The topological polar surface area (TPSA) is 35.2 Å². The summed E-state index contributed by atoms with van der Waals surface area (Å²) in [5.74, 6) is 2.06. The van der Waals surface area contributed by atoms with Gasteiger partial charge in [-0.3, -0.25) is 0 Å². The van der Waals surface area contributed by atoms with Crippen LogP contribution in [0.25, 0.3) is 0 Å². The second-order valence-electron chi connectivity index (χ2n) is 5.65. The Labute approximate surface area is 131 Å². The van der Waals surface area contributed by atoms with Crippen LogP contribution in [0.1, 0.15) is 39.3 Å². The molecule has 4 heteroatoms. The molecule has 0 aliphatic carbocycles. The minimum atomic E-state index is 0.0393. The molecule has 1 aromatic carbocycles. The number of benzene rings is 1.